The van der Waals surface area contributed by atoms with Gasteiger partial charge in [-0.25, -0.2) is 0 Å². The van der Waals surface area contributed by atoms with Crippen molar-refractivity contribution >= 4 is 17.3 Å². The number of hydrogen-bond acceptors (Lipinski definition) is 4. The minimum atomic E-state index is 0.0677. The van der Waals surface area contributed by atoms with Crippen molar-refractivity contribution in [3.05, 3.63) is 47.0 Å². The van der Waals surface area contributed by atoms with E-state index in [1.54, 1.807) is 25.3 Å². The van der Waals surface area contributed by atoms with Crippen molar-refractivity contribution in [1.29, 1.82) is 0 Å². The maximum Gasteiger partial charge on any atom is 0.165 e. The van der Waals surface area contributed by atoms with Crippen LogP contribution in [-0.4, -0.2) is 18.8 Å². The van der Waals surface area contributed by atoms with E-state index in [0.29, 0.717) is 18.2 Å². The summed E-state index contributed by atoms with van der Waals surface area (Å²) in [6.07, 6.45) is 0. The van der Waals surface area contributed by atoms with Gasteiger partial charge in [-0.3, -0.25) is 0 Å². The van der Waals surface area contributed by atoms with Crippen molar-refractivity contribution in [1.82, 2.24) is 0 Å². The molecule has 2 aromatic carbocycles. The smallest absolute Gasteiger partial charge is 0.165 e. The summed E-state index contributed by atoms with van der Waals surface area (Å²) in [7, 11) is 1.62. The fourth-order valence-corrected chi connectivity index (χ4v) is 2.20. The summed E-state index contributed by atoms with van der Waals surface area (Å²) >= 11 is 5.89. The largest absolute Gasteiger partial charge is 0.506 e. The lowest BCUT2D eigenvalue weighted by Gasteiger charge is -2.14. The zero-order valence-corrected chi connectivity index (χ0v) is 12.8. The highest BCUT2D eigenvalue weighted by atomic mass is 35.5. The molecule has 0 aliphatic rings. The molecule has 2 N–H and O–H groups in total. The van der Waals surface area contributed by atoms with Crippen molar-refractivity contribution in [2.24, 2.45) is 0 Å². The Morgan fingerprint density at radius 2 is 2.05 bits per heavy atom. The van der Waals surface area contributed by atoms with Crippen LogP contribution in [0.2, 0.25) is 5.02 Å². The minimum absolute atomic E-state index is 0.0677. The molecular formula is C16H18ClNO3. The summed E-state index contributed by atoms with van der Waals surface area (Å²) in [5.74, 6) is 1.51. The molecule has 0 aliphatic carbocycles. The first-order valence-electron chi connectivity index (χ1n) is 6.66. The molecular weight excluding hydrogens is 290 g/mol. The fraction of sp³-hybridized carbons (Fsp3) is 0.250. The maximum absolute atomic E-state index is 9.41. The van der Waals surface area contributed by atoms with E-state index in [0.717, 1.165) is 22.7 Å². The highest BCUT2D eigenvalue weighted by Gasteiger charge is 2.10. The zero-order valence-electron chi connectivity index (χ0n) is 12.0. The van der Waals surface area contributed by atoms with Gasteiger partial charge in [-0.1, -0.05) is 23.7 Å². The molecule has 2 rings (SSSR count). The summed E-state index contributed by atoms with van der Waals surface area (Å²) in [6, 6.07) is 10.8. The average Bonchev–Trinajstić information content (AvgIpc) is 2.49. The molecule has 0 fully saturated rings. The van der Waals surface area contributed by atoms with Crippen LogP contribution in [0.4, 0.5) is 5.69 Å². The van der Waals surface area contributed by atoms with Crippen molar-refractivity contribution in [2.75, 3.05) is 19.0 Å². The highest BCUT2D eigenvalue weighted by molar-refractivity contribution is 6.32. The third-order valence-electron chi connectivity index (χ3n) is 3.00. The van der Waals surface area contributed by atoms with Crippen LogP contribution < -0.4 is 14.8 Å². The number of para-hydroxylation sites is 1. The summed E-state index contributed by atoms with van der Waals surface area (Å²) < 4.78 is 11.0. The van der Waals surface area contributed by atoms with E-state index in [1.165, 1.54) is 0 Å². The molecule has 0 aliphatic heterocycles. The Labute approximate surface area is 129 Å². The van der Waals surface area contributed by atoms with E-state index in [2.05, 4.69) is 5.32 Å². The van der Waals surface area contributed by atoms with E-state index in [1.807, 2.05) is 25.1 Å². The summed E-state index contributed by atoms with van der Waals surface area (Å²) in [6.45, 7) is 3.08. The Bertz CT molecular complexity index is 616. The van der Waals surface area contributed by atoms with Crippen LogP contribution in [0.5, 0.6) is 17.2 Å². The Morgan fingerprint density at radius 1 is 1.24 bits per heavy atom. The zero-order chi connectivity index (χ0) is 15.2. The SMILES string of the molecule is CCOc1cccc(CNc2ccc(O)c(Cl)c2)c1OC. The third-order valence-corrected chi connectivity index (χ3v) is 3.30. The van der Waals surface area contributed by atoms with E-state index in [9.17, 15) is 5.11 Å². The number of halogens is 1. The second kappa shape index (κ2) is 7.09. The van der Waals surface area contributed by atoms with Crippen LogP contribution in [-0.2, 0) is 6.54 Å². The second-order valence-corrected chi connectivity index (χ2v) is 4.81. The monoisotopic (exact) mass is 307 g/mol. The first-order chi connectivity index (χ1) is 10.2. The second-order valence-electron chi connectivity index (χ2n) is 4.40. The molecule has 5 heteroatoms. The molecule has 4 nitrogen and oxygen atoms in total. The van der Waals surface area contributed by atoms with Gasteiger partial charge >= 0.3 is 0 Å². The summed E-state index contributed by atoms with van der Waals surface area (Å²) in [5, 5.41) is 13.0. The van der Waals surface area contributed by atoms with Gasteiger partial charge in [0.1, 0.15) is 5.75 Å². The normalized spacial score (nSPS) is 10.2. The topological polar surface area (TPSA) is 50.7 Å². The van der Waals surface area contributed by atoms with Crippen molar-refractivity contribution in [3.63, 3.8) is 0 Å². The van der Waals surface area contributed by atoms with Crippen molar-refractivity contribution < 1.29 is 14.6 Å². The van der Waals surface area contributed by atoms with Gasteiger partial charge in [0.25, 0.3) is 0 Å². The number of hydrogen-bond donors (Lipinski definition) is 2. The van der Waals surface area contributed by atoms with Gasteiger partial charge in [0.2, 0.25) is 0 Å². The first-order valence-corrected chi connectivity index (χ1v) is 7.04. The van der Waals surface area contributed by atoms with Gasteiger partial charge in [-0.15, -0.1) is 0 Å². The Morgan fingerprint density at radius 3 is 2.71 bits per heavy atom. The van der Waals surface area contributed by atoms with Crippen LogP contribution in [0.15, 0.2) is 36.4 Å². The molecule has 0 spiro atoms. The number of aromatic hydroxyl groups is 1. The minimum Gasteiger partial charge on any atom is -0.506 e. The molecule has 0 heterocycles. The van der Waals surface area contributed by atoms with Gasteiger partial charge in [0.05, 0.1) is 18.7 Å². The van der Waals surface area contributed by atoms with Crippen LogP contribution in [0.25, 0.3) is 0 Å². The van der Waals surface area contributed by atoms with E-state index in [-0.39, 0.29) is 5.75 Å². The number of rotatable bonds is 6. The number of benzene rings is 2. The number of phenols is 1. The number of phenolic OH excluding ortho intramolecular Hbond substituents is 1. The molecule has 0 aromatic heterocycles. The average molecular weight is 308 g/mol. The molecule has 0 unspecified atom stereocenters. The summed E-state index contributed by atoms with van der Waals surface area (Å²) in [5.41, 5.74) is 1.80. The van der Waals surface area contributed by atoms with Crippen LogP contribution in [0.3, 0.4) is 0 Å². The molecule has 0 atom stereocenters. The van der Waals surface area contributed by atoms with Gasteiger partial charge in [-0.05, 0) is 31.2 Å². The molecule has 112 valence electrons. The van der Waals surface area contributed by atoms with Gasteiger partial charge in [0, 0.05) is 17.8 Å². The van der Waals surface area contributed by atoms with Crippen molar-refractivity contribution in [2.45, 2.75) is 13.5 Å². The predicted octanol–water partition coefficient (Wildman–Crippen LogP) is 4.07. The number of nitrogens with one attached hydrogen (secondary N) is 1. The fourth-order valence-electron chi connectivity index (χ4n) is 2.02. The number of anilines is 1. The Balaban J connectivity index is 2.15. The Hall–Kier alpha value is -2.07. The standard InChI is InChI=1S/C16H18ClNO3/c1-3-21-15-6-4-5-11(16(15)20-2)10-18-12-7-8-14(19)13(17)9-12/h4-9,18-19H,3,10H2,1-2H3. The molecule has 0 amide bonds. The van der Waals surface area contributed by atoms with Crippen LogP contribution in [0, 0.1) is 0 Å². The van der Waals surface area contributed by atoms with Crippen LogP contribution in [0.1, 0.15) is 12.5 Å². The predicted molar refractivity (Wildman–Crippen MR) is 84.6 cm³/mol. The lowest BCUT2D eigenvalue weighted by Crippen LogP contribution is -2.03. The maximum atomic E-state index is 9.41. The Kier molecular flexibility index (Phi) is 5.17. The van der Waals surface area contributed by atoms with Gasteiger partial charge in [-0.2, -0.15) is 0 Å². The van der Waals surface area contributed by atoms with Crippen molar-refractivity contribution in [3.8, 4) is 17.2 Å². The number of ether oxygens (including phenoxy) is 2. The summed E-state index contributed by atoms with van der Waals surface area (Å²) in [4.78, 5) is 0. The molecule has 21 heavy (non-hydrogen) atoms. The lowest BCUT2D eigenvalue weighted by atomic mass is 10.1. The number of methoxy groups -OCH3 is 1. The first kappa shape index (κ1) is 15.3. The van der Waals surface area contributed by atoms with Gasteiger partial charge in [0.15, 0.2) is 11.5 Å². The molecule has 0 saturated heterocycles. The lowest BCUT2D eigenvalue weighted by molar-refractivity contribution is 0.309. The molecule has 0 bridgehead atoms. The quantitative estimate of drug-likeness (QED) is 0.790. The molecule has 2 aromatic rings. The van der Waals surface area contributed by atoms with Gasteiger partial charge < -0.3 is 19.9 Å². The molecule has 0 radical (unpaired) electrons. The van der Waals surface area contributed by atoms with E-state index in [4.69, 9.17) is 21.1 Å². The van der Waals surface area contributed by atoms with Crippen LogP contribution >= 0.6 is 11.6 Å². The third kappa shape index (κ3) is 3.73. The highest BCUT2D eigenvalue weighted by Crippen LogP contribution is 2.32. The van der Waals surface area contributed by atoms with E-state index >= 15 is 0 Å². The van der Waals surface area contributed by atoms with E-state index < -0.39 is 0 Å². The molecule has 0 saturated carbocycles.